The van der Waals surface area contributed by atoms with Crippen LogP contribution in [0.25, 0.3) is 0 Å². The molecule has 2 fully saturated rings. The molecule has 2 rings (SSSR count). The Balaban J connectivity index is 1.86. The summed E-state index contributed by atoms with van der Waals surface area (Å²) >= 11 is 2.10. The second-order valence-corrected chi connectivity index (χ2v) is 6.81. The molecule has 1 heterocycles. The molecule has 0 spiro atoms. The van der Waals surface area contributed by atoms with Crippen molar-refractivity contribution in [1.82, 2.24) is 5.32 Å². The predicted octanol–water partition coefficient (Wildman–Crippen LogP) is 2.41. The van der Waals surface area contributed by atoms with Gasteiger partial charge >= 0.3 is 0 Å². The van der Waals surface area contributed by atoms with Gasteiger partial charge in [-0.2, -0.15) is 11.8 Å². The van der Waals surface area contributed by atoms with Crippen LogP contribution in [0.5, 0.6) is 0 Å². The van der Waals surface area contributed by atoms with E-state index in [4.69, 9.17) is 0 Å². The minimum absolute atomic E-state index is 0.367. The minimum Gasteiger partial charge on any atom is -0.396 e. The van der Waals surface area contributed by atoms with E-state index >= 15 is 0 Å². The van der Waals surface area contributed by atoms with Gasteiger partial charge in [0.25, 0.3) is 0 Å². The zero-order valence-electron chi connectivity index (χ0n) is 10.3. The van der Waals surface area contributed by atoms with Crippen molar-refractivity contribution in [3.63, 3.8) is 0 Å². The minimum atomic E-state index is 0.367. The van der Waals surface area contributed by atoms with Gasteiger partial charge in [-0.1, -0.05) is 19.8 Å². The molecular formula is C13H25NOS. The van der Waals surface area contributed by atoms with Crippen LogP contribution < -0.4 is 5.32 Å². The van der Waals surface area contributed by atoms with Gasteiger partial charge in [-0.25, -0.2) is 0 Å². The largest absolute Gasteiger partial charge is 0.396 e. The van der Waals surface area contributed by atoms with E-state index in [1.54, 1.807) is 0 Å². The average molecular weight is 243 g/mol. The lowest BCUT2D eigenvalue weighted by Crippen LogP contribution is -2.49. The van der Waals surface area contributed by atoms with Gasteiger partial charge in [-0.15, -0.1) is 0 Å². The molecule has 1 aliphatic heterocycles. The van der Waals surface area contributed by atoms with E-state index in [1.165, 1.54) is 44.3 Å². The van der Waals surface area contributed by atoms with Crippen LogP contribution in [0.2, 0.25) is 0 Å². The molecule has 94 valence electrons. The number of hydrogen-bond acceptors (Lipinski definition) is 3. The average Bonchev–Trinajstić information content (AvgIpc) is 2.33. The monoisotopic (exact) mass is 243 g/mol. The molecule has 0 aromatic rings. The van der Waals surface area contributed by atoms with Crippen LogP contribution in [0.4, 0.5) is 0 Å². The van der Waals surface area contributed by atoms with E-state index in [2.05, 4.69) is 24.0 Å². The Morgan fingerprint density at radius 1 is 1.12 bits per heavy atom. The Bertz CT molecular complexity index is 212. The first kappa shape index (κ1) is 12.7. The van der Waals surface area contributed by atoms with Gasteiger partial charge in [-0.3, -0.25) is 0 Å². The summed E-state index contributed by atoms with van der Waals surface area (Å²) in [5.41, 5.74) is 0. The second kappa shape index (κ2) is 6.27. The smallest absolute Gasteiger partial charge is 0.0474 e. The number of aliphatic hydroxyl groups excluding tert-OH is 1. The number of aliphatic hydroxyl groups is 1. The lowest BCUT2D eigenvalue weighted by Gasteiger charge is -2.38. The van der Waals surface area contributed by atoms with Crippen LogP contribution in [0.1, 0.15) is 45.4 Å². The highest BCUT2D eigenvalue weighted by Gasteiger charge is 2.29. The van der Waals surface area contributed by atoms with Crippen molar-refractivity contribution < 1.29 is 5.11 Å². The van der Waals surface area contributed by atoms with Gasteiger partial charge in [0.05, 0.1) is 0 Å². The van der Waals surface area contributed by atoms with Crippen LogP contribution >= 0.6 is 11.8 Å². The van der Waals surface area contributed by atoms with Gasteiger partial charge in [0.1, 0.15) is 0 Å². The van der Waals surface area contributed by atoms with E-state index in [1.807, 2.05) is 0 Å². The van der Waals surface area contributed by atoms with Crippen molar-refractivity contribution in [2.24, 2.45) is 5.92 Å². The molecule has 2 N–H and O–H groups in total. The summed E-state index contributed by atoms with van der Waals surface area (Å²) in [6, 6.07) is 1.25. The Labute approximate surface area is 104 Å². The standard InChI is InChI=1S/C13H25NOS/c1-10-12(7-4-8-16-10)14-13-6-3-2-5-11(13)9-15/h10-15H,2-9H2,1H3. The van der Waals surface area contributed by atoms with Gasteiger partial charge in [0, 0.05) is 23.9 Å². The summed E-state index contributed by atoms with van der Waals surface area (Å²) < 4.78 is 0. The first-order chi connectivity index (χ1) is 7.81. The Morgan fingerprint density at radius 3 is 2.62 bits per heavy atom. The first-order valence-corrected chi connectivity index (χ1v) is 7.84. The Morgan fingerprint density at radius 2 is 1.88 bits per heavy atom. The predicted molar refractivity (Wildman–Crippen MR) is 70.9 cm³/mol. The number of hydrogen-bond donors (Lipinski definition) is 2. The number of thioether (sulfide) groups is 1. The summed E-state index contributed by atoms with van der Waals surface area (Å²) in [5, 5.41) is 14.0. The fraction of sp³-hybridized carbons (Fsp3) is 1.00. The molecule has 4 unspecified atom stereocenters. The van der Waals surface area contributed by atoms with Crippen molar-refractivity contribution in [2.75, 3.05) is 12.4 Å². The first-order valence-electron chi connectivity index (χ1n) is 6.79. The molecule has 2 nitrogen and oxygen atoms in total. The SMILES string of the molecule is CC1SCCCC1NC1CCCCC1CO. The highest BCUT2D eigenvalue weighted by Crippen LogP contribution is 2.29. The highest BCUT2D eigenvalue weighted by atomic mass is 32.2. The quantitative estimate of drug-likeness (QED) is 0.798. The normalized spacial score (nSPS) is 40.9. The van der Waals surface area contributed by atoms with Crippen LogP contribution in [-0.2, 0) is 0 Å². The van der Waals surface area contributed by atoms with Crippen molar-refractivity contribution in [3.8, 4) is 0 Å². The van der Waals surface area contributed by atoms with E-state index in [0.717, 1.165) is 5.25 Å². The number of nitrogens with one attached hydrogen (secondary N) is 1. The summed E-state index contributed by atoms with van der Waals surface area (Å²) in [7, 11) is 0. The summed E-state index contributed by atoms with van der Waals surface area (Å²) in [4.78, 5) is 0. The van der Waals surface area contributed by atoms with E-state index in [9.17, 15) is 5.11 Å². The van der Waals surface area contributed by atoms with Crippen molar-refractivity contribution in [1.29, 1.82) is 0 Å². The van der Waals surface area contributed by atoms with E-state index < -0.39 is 0 Å². The molecule has 1 saturated carbocycles. The molecule has 0 radical (unpaired) electrons. The Hall–Kier alpha value is 0.270. The van der Waals surface area contributed by atoms with E-state index in [-0.39, 0.29) is 0 Å². The van der Waals surface area contributed by atoms with E-state index in [0.29, 0.717) is 24.6 Å². The maximum Gasteiger partial charge on any atom is 0.0474 e. The maximum atomic E-state index is 9.41. The third kappa shape index (κ3) is 3.14. The summed E-state index contributed by atoms with van der Waals surface area (Å²) in [6.45, 7) is 2.71. The van der Waals surface area contributed by atoms with Crippen molar-refractivity contribution in [2.45, 2.75) is 62.8 Å². The van der Waals surface area contributed by atoms with Gasteiger partial charge < -0.3 is 10.4 Å². The van der Waals surface area contributed by atoms with Gasteiger partial charge in [-0.05, 0) is 37.4 Å². The highest BCUT2D eigenvalue weighted by molar-refractivity contribution is 7.99. The molecule has 1 saturated heterocycles. The number of rotatable bonds is 3. The van der Waals surface area contributed by atoms with Crippen LogP contribution in [0.15, 0.2) is 0 Å². The molecule has 0 amide bonds. The molecule has 2 aliphatic rings. The molecule has 4 atom stereocenters. The molecule has 16 heavy (non-hydrogen) atoms. The Kier molecular flexibility index (Phi) is 4.98. The topological polar surface area (TPSA) is 32.3 Å². The molecule has 0 aromatic heterocycles. The van der Waals surface area contributed by atoms with Crippen LogP contribution in [-0.4, -0.2) is 34.8 Å². The fourth-order valence-electron chi connectivity index (χ4n) is 3.06. The second-order valence-electron chi connectivity index (χ2n) is 5.32. The molecule has 1 aliphatic carbocycles. The third-order valence-electron chi connectivity index (χ3n) is 4.18. The van der Waals surface area contributed by atoms with Crippen molar-refractivity contribution in [3.05, 3.63) is 0 Å². The third-order valence-corrected chi connectivity index (χ3v) is 5.56. The lowest BCUT2D eigenvalue weighted by atomic mass is 9.84. The molecule has 0 bridgehead atoms. The van der Waals surface area contributed by atoms with Gasteiger partial charge in [0.15, 0.2) is 0 Å². The zero-order valence-corrected chi connectivity index (χ0v) is 11.1. The molecule has 0 aromatic carbocycles. The summed E-state index contributed by atoms with van der Waals surface area (Å²) in [6.07, 6.45) is 7.79. The fourth-order valence-corrected chi connectivity index (χ4v) is 4.21. The van der Waals surface area contributed by atoms with Crippen molar-refractivity contribution >= 4 is 11.8 Å². The van der Waals surface area contributed by atoms with Crippen LogP contribution in [0, 0.1) is 5.92 Å². The zero-order chi connectivity index (χ0) is 11.4. The van der Waals surface area contributed by atoms with Crippen LogP contribution in [0.3, 0.4) is 0 Å². The molecular weight excluding hydrogens is 218 g/mol. The lowest BCUT2D eigenvalue weighted by molar-refractivity contribution is 0.144. The maximum absolute atomic E-state index is 9.41. The van der Waals surface area contributed by atoms with Gasteiger partial charge in [0.2, 0.25) is 0 Å². The molecule has 3 heteroatoms. The summed E-state index contributed by atoms with van der Waals surface area (Å²) in [5.74, 6) is 1.83.